The van der Waals surface area contributed by atoms with E-state index in [1.807, 2.05) is 52.8 Å². The summed E-state index contributed by atoms with van der Waals surface area (Å²) in [6, 6.07) is 5.63. The molecule has 3 rings (SSSR count). The zero-order chi connectivity index (χ0) is 27.6. The molecule has 1 fully saturated rings. The number of amidine groups is 1. The molecular weight excluding hydrogens is 473 g/mol. The largest absolute Gasteiger partial charge is 0.494 e. The minimum Gasteiger partial charge on any atom is -0.444 e. The lowest BCUT2D eigenvalue weighted by molar-refractivity contribution is -0.127. The van der Waals surface area contributed by atoms with Crippen LogP contribution < -0.4 is 10.8 Å². The molecule has 2 aliphatic heterocycles. The summed E-state index contributed by atoms with van der Waals surface area (Å²) in [6.45, 7) is 15.9. The van der Waals surface area contributed by atoms with E-state index in [1.165, 1.54) is 0 Å². The molecule has 0 aliphatic carbocycles. The Morgan fingerprint density at radius 3 is 2.38 bits per heavy atom. The summed E-state index contributed by atoms with van der Waals surface area (Å²) >= 11 is 0. The van der Waals surface area contributed by atoms with Crippen LogP contribution in [0.3, 0.4) is 0 Å². The summed E-state index contributed by atoms with van der Waals surface area (Å²) in [5, 5.41) is 12.2. The molecule has 0 spiro atoms. The van der Waals surface area contributed by atoms with Crippen molar-refractivity contribution < 1.29 is 28.7 Å². The van der Waals surface area contributed by atoms with E-state index in [4.69, 9.17) is 19.0 Å². The Balaban J connectivity index is 2.01. The van der Waals surface area contributed by atoms with Gasteiger partial charge in [-0.1, -0.05) is 19.1 Å². The number of hydrogen-bond acceptors (Lipinski definition) is 7. The number of rotatable bonds is 6. The summed E-state index contributed by atoms with van der Waals surface area (Å²) in [6.07, 6.45) is 2.00. The molecule has 2 N–H and O–H groups in total. The third-order valence-electron chi connectivity index (χ3n) is 6.59. The molecule has 1 aromatic carbocycles. The highest BCUT2D eigenvalue weighted by Crippen LogP contribution is 2.37. The molecule has 2 amide bonds. The van der Waals surface area contributed by atoms with Crippen molar-refractivity contribution in [1.82, 2.24) is 10.2 Å². The van der Waals surface area contributed by atoms with E-state index >= 15 is 0 Å². The van der Waals surface area contributed by atoms with Crippen molar-refractivity contribution in [2.75, 3.05) is 19.7 Å². The maximum absolute atomic E-state index is 13.4. The fourth-order valence-electron chi connectivity index (χ4n) is 4.05. The SMILES string of the molecule is CCCN(CCO)C(=O)C1=Cc2ccc(B3OC(C)(C)C(C)(C)O3)cc2N=C(NC(=O)OC(C)(C)C)C1. The number of nitrogens with zero attached hydrogens (tertiary/aromatic N) is 2. The van der Waals surface area contributed by atoms with Gasteiger partial charge in [0.25, 0.3) is 0 Å². The molecule has 0 bridgehead atoms. The molecule has 0 unspecified atom stereocenters. The lowest BCUT2D eigenvalue weighted by atomic mass is 9.78. The average Bonchev–Trinajstić information content (AvgIpc) is 2.89. The van der Waals surface area contributed by atoms with Crippen LogP contribution in [0.4, 0.5) is 10.5 Å². The highest BCUT2D eigenvalue weighted by molar-refractivity contribution is 6.62. The molecule has 0 aromatic heterocycles. The first-order chi connectivity index (χ1) is 17.2. The van der Waals surface area contributed by atoms with Crippen LogP contribution in [0.15, 0.2) is 28.8 Å². The van der Waals surface area contributed by atoms with Crippen molar-refractivity contribution in [3.63, 3.8) is 0 Å². The minimum absolute atomic E-state index is 0.101. The van der Waals surface area contributed by atoms with E-state index in [9.17, 15) is 14.7 Å². The Morgan fingerprint density at radius 2 is 1.81 bits per heavy atom. The molecule has 202 valence electrons. The fourth-order valence-corrected chi connectivity index (χ4v) is 4.05. The molecule has 9 nitrogen and oxygen atoms in total. The summed E-state index contributed by atoms with van der Waals surface area (Å²) in [5.74, 6) is 0.0802. The zero-order valence-electron chi connectivity index (χ0n) is 23.3. The van der Waals surface area contributed by atoms with Crippen LogP contribution in [0.1, 0.15) is 73.8 Å². The van der Waals surface area contributed by atoms with E-state index in [-0.39, 0.29) is 25.5 Å². The number of amides is 2. The molecule has 37 heavy (non-hydrogen) atoms. The molecule has 2 heterocycles. The van der Waals surface area contributed by atoms with Crippen molar-refractivity contribution in [1.29, 1.82) is 0 Å². The summed E-state index contributed by atoms with van der Waals surface area (Å²) in [7, 11) is -0.578. The van der Waals surface area contributed by atoms with Crippen LogP contribution in [0.25, 0.3) is 6.08 Å². The van der Waals surface area contributed by atoms with Gasteiger partial charge >= 0.3 is 13.2 Å². The number of aliphatic hydroxyl groups excluding tert-OH is 1. The number of fused-ring (bicyclic) bond motifs is 1. The number of nitrogens with one attached hydrogen (secondary N) is 1. The quantitative estimate of drug-likeness (QED) is 0.563. The Hall–Kier alpha value is -2.69. The van der Waals surface area contributed by atoms with Crippen LogP contribution in [0.5, 0.6) is 0 Å². The number of ether oxygens (including phenoxy) is 1. The van der Waals surface area contributed by atoms with Gasteiger partial charge in [-0.15, -0.1) is 0 Å². The van der Waals surface area contributed by atoms with Crippen LogP contribution in [-0.2, 0) is 18.8 Å². The van der Waals surface area contributed by atoms with Gasteiger partial charge in [-0.3, -0.25) is 10.1 Å². The highest BCUT2D eigenvalue weighted by atomic mass is 16.7. The average molecular weight is 513 g/mol. The molecule has 10 heteroatoms. The number of aliphatic imine (C=N–C) groups is 1. The van der Waals surface area contributed by atoms with Crippen LogP contribution in [0, 0.1) is 0 Å². The van der Waals surface area contributed by atoms with Crippen molar-refractivity contribution in [3.05, 3.63) is 29.3 Å². The maximum Gasteiger partial charge on any atom is 0.494 e. The molecule has 0 saturated carbocycles. The monoisotopic (exact) mass is 513 g/mol. The number of carbonyl (C=O) groups excluding carboxylic acids is 2. The van der Waals surface area contributed by atoms with Crippen LogP contribution in [0.2, 0.25) is 0 Å². The summed E-state index contributed by atoms with van der Waals surface area (Å²) in [5.41, 5.74) is 0.867. The van der Waals surface area contributed by atoms with Gasteiger partial charge in [0.05, 0.1) is 23.5 Å². The topological polar surface area (TPSA) is 110 Å². The minimum atomic E-state index is -0.690. The van der Waals surface area contributed by atoms with Gasteiger partial charge in [0.1, 0.15) is 11.4 Å². The van der Waals surface area contributed by atoms with E-state index < -0.39 is 30.0 Å². The van der Waals surface area contributed by atoms with E-state index in [2.05, 4.69) is 5.32 Å². The fraction of sp³-hybridized carbons (Fsp3) is 0.593. The number of hydrogen-bond donors (Lipinski definition) is 2. The third-order valence-corrected chi connectivity index (χ3v) is 6.59. The molecule has 1 saturated heterocycles. The summed E-state index contributed by atoms with van der Waals surface area (Å²) in [4.78, 5) is 32.3. The summed E-state index contributed by atoms with van der Waals surface area (Å²) < 4.78 is 17.8. The Kier molecular flexibility index (Phi) is 8.56. The van der Waals surface area contributed by atoms with Gasteiger partial charge in [0, 0.05) is 30.6 Å². The number of carbonyl (C=O) groups is 2. The van der Waals surface area contributed by atoms with Crippen molar-refractivity contribution in [2.24, 2.45) is 4.99 Å². The van der Waals surface area contributed by atoms with Gasteiger partial charge in [-0.25, -0.2) is 9.79 Å². The Bertz CT molecular complexity index is 1070. The molecule has 1 aromatic rings. The lowest BCUT2D eigenvalue weighted by Crippen LogP contribution is -2.41. The Labute approximate surface area is 220 Å². The highest BCUT2D eigenvalue weighted by Gasteiger charge is 2.51. The van der Waals surface area contributed by atoms with Crippen LogP contribution >= 0.6 is 0 Å². The van der Waals surface area contributed by atoms with E-state index in [1.54, 1.807) is 31.7 Å². The third kappa shape index (κ3) is 7.00. The van der Waals surface area contributed by atoms with Gasteiger partial charge in [-0.05, 0) is 72.5 Å². The number of aliphatic hydroxyl groups is 1. The predicted octanol–water partition coefficient (Wildman–Crippen LogP) is 3.56. The Morgan fingerprint density at radius 1 is 1.16 bits per heavy atom. The lowest BCUT2D eigenvalue weighted by Gasteiger charge is -2.32. The van der Waals surface area contributed by atoms with Gasteiger partial charge in [0.2, 0.25) is 5.91 Å². The second-order valence-corrected chi connectivity index (χ2v) is 11.5. The number of benzene rings is 1. The van der Waals surface area contributed by atoms with Crippen molar-refractivity contribution in [3.8, 4) is 0 Å². The second kappa shape index (κ2) is 11.0. The van der Waals surface area contributed by atoms with Crippen LogP contribution in [-0.4, -0.2) is 71.5 Å². The second-order valence-electron chi connectivity index (χ2n) is 11.5. The molecule has 0 radical (unpaired) electrons. The predicted molar refractivity (Wildman–Crippen MR) is 145 cm³/mol. The van der Waals surface area contributed by atoms with Crippen molar-refractivity contribution in [2.45, 2.75) is 85.0 Å². The van der Waals surface area contributed by atoms with Gasteiger partial charge in [0.15, 0.2) is 0 Å². The van der Waals surface area contributed by atoms with Gasteiger partial charge < -0.3 is 24.1 Å². The smallest absolute Gasteiger partial charge is 0.444 e. The first kappa shape index (κ1) is 28.9. The molecular formula is C27H40BN3O6. The normalized spacial score (nSPS) is 18.4. The van der Waals surface area contributed by atoms with Crippen molar-refractivity contribution >= 4 is 42.2 Å². The molecule has 2 aliphatic rings. The number of alkyl carbamates (subject to hydrolysis) is 1. The standard InChI is InChI=1S/C27H40BN3O6/c1-9-12-31(13-14-32)23(33)19-15-18-10-11-20(28-36-26(5,6)27(7,8)37-28)17-21(18)29-22(16-19)30-24(34)35-25(2,3)4/h10-11,15,17,32H,9,12-14,16H2,1-8H3,(H,29,30,34). The molecule has 0 atom stereocenters. The van der Waals surface area contributed by atoms with Gasteiger partial charge in [-0.2, -0.15) is 0 Å². The first-order valence-corrected chi connectivity index (χ1v) is 12.8. The van der Waals surface area contributed by atoms with E-state index in [0.29, 0.717) is 23.6 Å². The maximum atomic E-state index is 13.4. The van der Waals surface area contributed by atoms with E-state index in [0.717, 1.165) is 17.4 Å². The first-order valence-electron chi connectivity index (χ1n) is 12.8. The zero-order valence-corrected chi connectivity index (χ0v) is 23.3.